The molecule has 6 unspecified atom stereocenters. The first-order chi connectivity index (χ1) is 9.25. The summed E-state index contributed by atoms with van der Waals surface area (Å²) in [5.41, 5.74) is 0. The molecule has 3 aliphatic rings. The Morgan fingerprint density at radius 1 is 0.550 bits per heavy atom. The highest BCUT2D eigenvalue weighted by Crippen LogP contribution is 2.64. The zero-order chi connectivity index (χ0) is 14.8. The lowest BCUT2D eigenvalue weighted by Crippen LogP contribution is -2.09. The molecule has 0 aromatic heterocycles. The summed E-state index contributed by atoms with van der Waals surface area (Å²) in [6, 6.07) is 0. The number of rotatable bonds is 6. The Morgan fingerprint density at radius 2 is 0.750 bits per heavy atom. The lowest BCUT2D eigenvalue weighted by Gasteiger charge is -2.18. The summed E-state index contributed by atoms with van der Waals surface area (Å²) in [5.74, 6) is 0. The van der Waals surface area contributed by atoms with Crippen molar-refractivity contribution in [1.82, 2.24) is 0 Å². The summed E-state index contributed by atoms with van der Waals surface area (Å²) in [6.07, 6.45) is -0.615. The van der Waals surface area contributed by atoms with Crippen LogP contribution in [0.5, 0.6) is 0 Å². The van der Waals surface area contributed by atoms with Crippen LogP contribution in [0.1, 0.15) is 0 Å². The van der Waals surface area contributed by atoms with E-state index in [2.05, 4.69) is 95.6 Å². The van der Waals surface area contributed by atoms with E-state index in [1.165, 1.54) is 0 Å². The molecule has 0 bridgehead atoms. The van der Waals surface area contributed by atoms with Crippen LogP contribution in [0, 0.1) is 0 Å². The van der Waals surface area contributed by atoms with Crippen molar-refractivity contribution in [3.63, 3.8) is 0 Å². The van der Waals surface area contributed by atoms with Gasteiger partial charge in [-0.2, -0.15) is 0 Å². The first kappa shape index (κ1) is 17.8. The molecular formula is C9H9Br6O4P. The van der Waals surface area contributed by atoms with Gasteiger partial charge >= 0.3 is 7.82 Å². The van der Waals surface area contributed by atoms with E-state index in [-0.39, 0.29) is 47.3 Å². The first-order valence-electron chi connectivity index (χ1n) is 5.75. The minimum atomic E-state index is -3.60. The minimum absolute atomic E-state index is 0.125. The molecule has 11 heteroatoms. The fourth-order valence-corrected chi connectivity index (χ4v) is 8.95. The Balaban J connectivity index is 1.64. The Bertz CT molecular complexity index is 368. The van der Waals surface area contributed by atoms with E-state index in [1.54, 1.807) is 0 Å². The third-order valence-electron chi connectivity index (χ3n) is 3.13. The standard InChI is InChI=1S/C9H9Br6O4P/c10-1-2(11)7(1)17-20(16,18-8-3(12)4(8)13)19-9-5(14)6(9)15/h1-9H. The lowest BCUT2D eigenvalue weighted by atomic mass is 10.9. The minimum Gasteiger partial charge on any atom is -0.281 e. The Morgan fingerprint density at radius 3 is 0.900 bits per heavy atom. The first-order valence-corrected chi connectivity index (χ1v) is 12.7. The van der Waals surface area contributed by atoms with E-state index >= 15 is 0 Å². The van der Waals surface area contributed by atoms with Gasteiger partial charge < -0.3 is 0 Å². The van der Waals surface area contributed by atoms with Gasteiger partial charge in [0.05, 0.1) is 47.3 Å². The molecule has 0 radical (unpaired) electrons. The second kappa shape index (κ2) is 6.37. The summed E-state index contributed by atoms with van der Waals surface area (Å²) >= 11 is 20.6. The maximum Gasteiger partial charge on any atom is 0.475 e. The molecule has 116 valence electrons. The van der Waals surface area contributed by atoms with Gasteiger partial charge in [0, 0.05) is 0 Å². The van der Waals surface area contributed by atoms with Gasteiger partial charge in [0.15, 0.2) is 0 Å². The van der Waals surface area contributed by atoms with Crippen LogP contribution < -0.4 is 0 Å². The van der Waals surface area contributed by atoms with Crippen LogP contribution in [0.4, 0.5) is 0 Å². The van der Waals surface area contributed by atoms with Crippen LogP contribution in [-0.2, 0) is 18.1 Å². The van der Waals surface area contributed by atoms with Crippen molar-refractivity contribution in [2.24, 2.45) is 0 Å². The number of phosphoric acid groups is 1. The quantitative estimate of drug-likeness (QED) is 0.295. The molecule has 3 aliphatic carbocycles. The molecule has 20 heavy (non-hydrogen) atoms. The second-order valence-corrected chi connectivity index (χ2v) is 12.7. The Kier molecular flexibility index (Phi) is 5.67. The maximum absolute atomic E-state index is 12.8. The summed E-state index contributed by atoms with van der Waals surface area (Å²) in [4.78, 5) is 0.753. The fraction of sp³-hybridized carbons (Fsp3) is 1.00. The van der Waals surface area contributed by atoms with Gasteiger partial charge in [0.1, 0.15) is 0 Å². The van der Waals surface area contributed by atoms with E-state index < -0.39 is 7.82 Å². The molecule has 0 aliphatic heterocycles. The van der Waals surface area contributed by atoms with Crippen molar-refractivity contribution in [3.8, 4) is 0 Å². The largest absolute Gasteiger partial charge is 0.475 e. The van der Waals surface area contributed by atoms with Crippen molar-refractivity contribution in [2.45, 2.75) is 47.3 Å². The van der Waals surface area contributed by atoms with Gasteiger partial charge in [-0.15, -0.1) is 0 Å². The summed E-state index contributed by atoms with van der Waals surface area (Å²) in [6.45, 7) is 0. The van der Waals surface area contributed by atoms with Gasteiger partial charge in [0.2, 0.25) is 0 Å². The average molecular weight is 692 g/mol. The summed E-state index contributed by atoms with van der Waals surface area (Å²) < 4.78 is 29.7. The van der Waals surface area contributed by atoms with Crippen LogP contribution in [0.2, 0.25) is 0 Å². The van der Waals surface area contributed by atoms with Crippen molar-refractivity contribution >= 4 is 103 Å². The van der Waals surface area contributed by atoms with Crippen molar-refractivity contribution in [1.29, 1.82) is 0 Å². The van der Waals surface area contributed by atoms with Crippen LogP contribution in [0.25, 0.3) is 0 Å². The third kappa shape index (κ3) is 3.64. The van der Waals surface area contributed by atoms with E-state index in [9.17, 15) is 4.57 Å². The van der Waals surface area contributed by atoms with E-state index in [4.69, 9.17) is 13.6 Å². The van der Waals surface area contributed by atoms with Crippen LogP contribution in [-0.4, -0.2) is 47.3 Å². The monoisotopic (exact) mass is 686 g/mol. The van der Waals surface area contributed by atoms with Gasteiger partial charge in [0.25, 0.3) is 0 Å². The smallest absolute Gasteiger partial charge is 0.281 e. The second-order valence-electron chi connectivity index (χ2n) is 4.82. The predicted octanol–water partition coefficient (Wildman–Crippen LogP) is 4.87. The van der Waals surface area contributed by atoms with Crippen LogP contribution >= 0.6 is 103 Å². The molecule has 0 aromatic carbocycles. The SMILES string of the molecule is O=P(OC1C(Br)C1Br)(OC1C(Br)C1Br)OC1C(Br)C1Br. The highest BCUT2D eigenvalue weighted by molar-refractivity contribution is 9.13. The van der Waals surface area contributed by atoms with E-state index in [0.29, 0.717) is 0 Å². The summed E-state index contributed by atoms with van der Waals surface area (Å²) in [5, 5.41) is 0. The van der Waals surface area contributed by atoms with Crippen molar-refractivity contribution in [2.75, 3.05) is 0 Å². The third-order valence-corrected chi connectivity index (χ3v) is 13.3. The normalized spacial score (nSPS) is 56.2. The van der Waals surface area contributed by atoms with Crippen molar-refractivity contribution in [3.05, 3.63) is 0 Å². The molecule has 0 heterocycles. The molecular weight excluding hydrogens is 682 g/mol. The average Bonchev–Trinajstić information content (AvgIpc) is 3.28. The molecule has 4 nitrogen and oxygen atoms in total. The van der Waals surface area contributed by atoms with E-state index in [0.717, 1.165) is 0 Å². The lowest BCUT2D eigenvalue weighted by molar-refractivity contribution is 0.100. The number of halogens is 6. The van der Waals surface area contributed by atoms with Gasteiger partial charge in [-0.05, 0) is 0 Å². The topological polar surface area (TPSA) is 44.8 Å². The number of hydrogen-bond donors (Lipinski definition) is 0. The molecule has 3 rings (SSSR count). The van der Waals surface area contributed by atoms with E-state index in [1.807, 2.05) is 0 Å². The highest BCUT2D eigenvalue weighted by atomic mass is 79.9. The molecule has 3 fully saturated rings. The van der Waals surface area contributed by atoms with Crippen molar-refractivity contribution < 1.29 is 18.1 Å². The fourth-order valence-electron chi connectivity index (χ4n) is 1.52. The Hall–Kier alpha value is 2.99. The molecule has 0 saturated heterocycles. The van der Waals surface area contributed by atoms with Crippen LogP contribution in [0.15, 0.2) is 0 Å². The molecule has 0 spiro atoms. The summed E-state index contributed by atoms with van der Waals surface area (Å²) in [7, 11) is -3.60. The molecule has 0 amide bonds. The Labute approximate surface area is 167 Å². The van der Waals surface area contributed by atoms with Gasteiger partial charge in [-0.3, -0.25) is 13.6 Å². The van der Waals surface area contributed by atoms with Gasteiger partial charge in [-0.1, -0.05) is 95.6 Å². The molecule has 6 atom stereocenters. The zero-order valence-electron chi connectivity index (χ0n) is 9.54. The number of phosphoric ester groups is 1. The highest BCUT2D eigenvalue weighted by Gasteiger charge is 2.60. The number of hydrogen-bond acceptors (Lipinski definition) is 4. The zero-order valence-corrected chi connectivity index (χ0v) is 20.0. The maximum atomic E-state index is 12.8. The number of alkyl halides is 6. The van der Waals surface area contributed by atoms with Gasteiger partial charge in [-0.25, -0.2) is 4.57 Å². The molecule has 0 aromatic rings. The molecule has 3 saturated carbocycles. The predicted molar refractivity (Wildman–Crippen MR) is 98.5 cm³/mol. The molecule has 0 N–H and O–H groups in total. The van der Waals surface area contributed by atoms with Crippen LogP contribution in [0.3, 0.4) is 0 Å².